The van der Waals surface area contributed by atoms with Gasteiger partial charge in [-0.2, -0.15) is 39.5 Å². The van der Waals surface area contributed by atoms with Crippen molar-refractivity contribution < 1.29 is 44.3 Å². The van der Waals surface area contributed by atoms with Crippen molar-refractivity contribution in [1.29, 1.82) is 0 Å². The molecular weight excluding hydrogens is 381 g/mol. The summed E-state index contributed by atoms with van der Waals surface area (Å²) in [6.07, 6.45) is -16.8. The Morgan fingerprint density at radius 1 is 0.923 bits per heavy atom. The molecule has 0 atom stereocenters. The van der Waals surface area contributed by atoms with Gasteiger partial charge in [-0.15, -0.1) is 0 Å². The SMILES string of the molecule is FC(F)(F)c1ccccc1OCCN1CCC(C(F)(F)F)(C(F)(F)F)C1. The smallest absolute Gasteiger partial charge is 0.419 e. The average Bonchev–Trinajstić information content (AvgIpc) is 2.92. The molecule has 0 N–H and O–H groups in total. The maximum Gasteiger partial charge on any atom is 0.419 e. The maximum atomic E-state index is 13.0. The molecular formula is C15H14F9NO. The third-order valence-electron chi connectivity index (χ3n) is 4.29. The fourth-order valence-electron chi connectivity index (χ4n) is 2.81. The van der Waals surface area contributed by atoms with Gasteiger partial charge in [0.25, 0.3) is 0 Å². The van der Waals surface area contributed by atoms with Gasteiger partial charge in [0.1, 0.15) is 12.4 Å². The van der Waals surface area contributed by atoms with Crippen molar-refractivity contribution in [2.45, 2.75) is 24.9 Å². The van der Waals surface area contributed by atoms with Crippen molar-refractivity contribution in [3.05, 3.63) is 29.8 Å². The number of para-hydroxylation sites is 1. The summed E-state index contributed by atoms with van der Waals surface area (Å²) in [5.41, 5.74) is -4.90. The van der Waals surface area contributed by atoms with E-state index in [4.69, 9.17) is 4.74 Å². The van der Waals surface area contributed by atoms with E-state index in [0.717, 1.165) is 23.1 Å². The number of hydrogen-bond acceptors (Lipinski definition) is 2. The van der Waals surface area contributed by atoms with Crippen molar-refractivity contribution in [3.63, 3.8) is 0 Å². The molecule has 1 fully saturated rings. The minimum atomic E-state index is -5.47. The van der Waals surface area contributed by atoms with Gasteiger partial charge >= 0.3 is 18.5 Å². The van der Waals surface area contributed by atoms with E-state index < -0.39 is 61.4 Å². The van der Waals surface area contributed by atoms with Crippen molar-refractivity contribution in [2.24, 2.45) is 5.41 Å². The van der Waals surface area contributed by atoms with Crippen LogP contribution >= 0.6 is 0 Å². The van der Waals surface area contributed by atoms with E-state index in [9.17, 15) is 39.5 Å². The van der Waals surface area contributed by atoms with Gasteiger partial charge in [-0.25, -0.2) is 0 Å². The molecule has 148 valence electrons. The molecule has 1 aliphatic heterocycles. The first-order valence-electron chi connectivity index (χ1n) is 7.43. The van der Waals surface area contributed by atoms with Gasteiger partial charge in [0, 0.05) is 13.1 Å². The number of alkyl halides is 9. The Balaban J connectivity index is 2.01. The standard InChI is InChI=1S/C15H14F9NO/c16-13(17,18)10-3-1-2-4-11(10)26-8-7-25-6-5-12(9-25,14(19,20)21)15(22,23)24/h1-4H,5-9H2. The molecule has 1 heterocycles. The molecule has 11 heteroatoms. The van der Waals surface area contributed by atoms with Crippen LogP contribution < -0.4 is 4.74 Å². The Morgan fingerprint density at radius 3 is 2.00 bits per heavy atom. The lowest BCUT2D eigenvalue weighted by Gasteiger charge is -2.33. The molecule has 2 nitrogen and oxygen atoms in total. The van der Waals surface area contributed by atoms with Crippen LogP contribution in [-0.2, 0) is 6.18 Å². The summed E-state index contributed by atoms with van der Waals surface area (Å²) in [6.45, 7) is -2.62. The van der Waals surface area contributed by atoms with Crippen LogP contribution in [0.25, 0.3) is 0 Å². The lowest BCUT2D eigenvalue weighted by molar-refractivity contribution is -0.335. The Hall–Kier alpha value is -1.65. The van der Waals surface area contributed by atoms with Crippen LogP contribution in [0, 0.1) is 5.41 Å². The minimum absolute atomic E-state index is 0.361. The molecule has 0 spiro atoms. The molecule has 0 amide bonds. The van der Waals surface area contributed by atoms with Gasteiger partial charge in [0.2, 0.25) is 0 Å². The fraction of sp³-hybridized carbons (Fsp3) is 0.600. The maximum absolute atomic E-state index is 13.0. The van der Waals surface area contributed by atoms with E-state index in [0.29, 0.717) is 0 Å². The topological polar surface area (TPSA) is 12.5 Å². The second-order valence-electron chi connectivity index (χ2n) is 5.95. The lowest BCUT2D eigenvalue weighted by Crippen LogP contribution is -2.51. The van der Waals surface area contributed by atoms with Gasteiger partial charge in [-0.05, 0) is 25.1 Å². The predicted octanol–water partition coefficient (Wildman–Crippen LogP) is 4.90. The molecule has 0 unspecified atom stereocenters. The molecule has 1 aromatic carbocycles. The number of nitrogens with zero attached hydrogens (tertiary/aromatic N) is 1. The highest BCUT2D eigenvalue weighted by atomic mass is 19.4. The van der Waals surface area contributed by atoms with Crippen LogP contribution in [0.3, 0.4) is 0 Å². The average molecular weight is 395 g/mol. The van der Waals surface area contributed by atoms with Crippen LogP contribution in [-0.4, -0.2) is 43.5 Å². The first-order chi connectivity index (χ1) is 11.8. The highest BCUT2D eigenvalue weighted by molar-refractivity contribution is 5.35. The quantitative estimate of drug-likeness (QED) is 0.673. The van der Waals surface area contributed by atoms with Crippen molar-refractivity contribution >= 4 is 0 Å². The Labute approximate surface area is 142 Å². The van der Waals surface area contributed by atoms with Gasteiger partial charge < -0.3 is 4.74 Å². The van der Waals surface area contributed by atoms with E-state index in [1.54, 1.807) is 0 Å². The van der Waals surface area contributed by atoms with Gasteiger partial charge in [-0.1, -0.05) is 12.1 Å². The monoisotopic (exact) mass is 395 g/mol. The normalized spacial score (nSPS) is 19.0. The summed E-state index contributed by atoms with van der Waals surface area (Å²) >= 11 is 0. The number of ether oxygens (including phenoxy) is 1. The summed E-state index contributed by atoms with van der Waals surface area (Å²) in [5, 5.41) is 0. The molecule has 1 aromatic rings. The molecule has 0 radical (unpaired) electrons. The number of halogens is 9. The number of benzene rings is 1. The predicted molar refractivity (Wildman–Crippen MR) is 72.5 cm³/mol. The summed E-state index contributed by atoms with van der Waals surface area (Å²) in [6, 6.07) is 4.21. The second kappa shape index (κ2) is 6.82. The van der Waals surface area contributed by atoms with E-state index in [-0.39, 0.29) is 6.54 Å². The van der Waals surface area contributed by atoms with Crippen LogP contribution in [0.2, 0.25) is 0 Å². The fourth-order valence-corrected chi connectivity index (χ4v) is 2.81. The number of rotatable bonds is 4. The molecule has 26 heavy (non-hydrogen) atoms. The Kier molecular flexibility index (Phi) is 5.42. The van der Waals surface area contributed by atoms with Crippen LogP contribution in [0.15, 0.2) is 24.3 Å². The van der Waals surface area contributed by atoms with Crippen LogP contribution in [0.4, 0.5) is 39.5 Å². The Bertz CT molecular complexity index is 607. The van der Waals surface area contributed by atoms with Crippen molar-refractivity contribution in [3.8, 4) is 5.75 Å². The van der Waals surface area contributed by atoms with E-state index >= 15 is 0 Å². The largest absolute Gasteiger partial charge is 0.492 e. The van der Waals surface area contributed by atoms with E-state index in [1.165, 1.54) is 6.07 Å². The third-order valence-corrected chi connectivity index (χ3v) is 4.29. The lowest BCUT2D eigenvalue weighted by atomic mass is 9.85. The van der Waals surface area contributed by atoms with Crippen molar-refractivity contribution in [2.75, 3.05) is 26.2 Å². The first kappa shape index (κ1) is 20.7. The summed E-state index contributed by atoms with van der Waals surface area (Å²) in [4.78, 5) is 0.886. The molecule has 1 aliphatic rings. The second-order valence-corrected chi connectivity index (χ2v) is 5.95. The zero-order chi connectivity index (χ0) is 19.8. The molecule has 0 aliphatic carbocycles. The zero-order valence-electron chi connectivity index (χ0n) is 13.1. The van der Waals surface area contributed by atoms with E-state index in [2.05, 4.69) is 0 Å². The highest BCUT2D eigenvalue weighted by Crippen LogP contribution is 2.55. The third kappa shape index (κ3) is 4.02. The molecule has 0 aromatic heterocycles. The summed E-state index contributed by atoms with van der Waals surface area (Å²) in [7, 11) is 0. The van der Waals surface area contributed by atoms with Crippen LogP contribution in [0.1, 0.15) is 12.0 Å². The molecule has 0 saturated carbocycles. The Morgan fingerprint density at radius 2 is 1.50 bits per heavy atom. The van der Waals surface area contributed by atoms with Gasteiger partial charge in [0.05, 0.1) is 5.56 Å². The zero-order valence-corrected chi connectivity index (χ0v) is 13.1. The number of likely N-dealkylation sites (tertiary alicyclic amines) is 1. The van der Waals surface area contributed by atoms with Crippen molar-refractivity contribution in [1.82, 2.24) is 4.90 Å². The number of hydrogen-bond donors (Lipinski definition) is 0. The molecule has 0 bridgehead atoms. The summed E-state index contributed by atoms with van der Waals surface area (Å²) < 4.78 is 121. The van der Waals surface area contributed by atoms with Gasteiger partial charge in [-0.3, -0.25) is 4.90 Å². The molecule has 1 saturated heterocycles. The van der Waals surface area contributed by atoms with Gasteiger partial charge in [0.15, 0.2) is 5.41 Å². The van der Waals surface area contributed by atoms with Crippen LogP contribution in [0.5, 0.6) is 5.75 Å². The van der Waals surface area contributed by atoms with E-state index in [1.807, 2.05) is 0 Å². The first-order valence-corrected chi connectivity index (χ1v) is 7.43. The summed E-state index contributed by atoms with van der Waals surface area (Å²) in [5.74, 6) is -0.530. The highest BCUT2D eigenvalue weighted by Gasteiger charge is 2.72. The molecule has 2 rings (SSSR count). The minimum Gasteiger partial charge on any atom is -0.492 e.